The molecule has 39 heavy (non-hydrogen) atoms. The molecule has 2 saturated heterocycles. The Bertz CT molecular complexity index is 1370. The van der Waals surface area contributed by atoms with Gasteiger partial charge in [-0.05, 0) is 81.1 Å². The molecule has 2 fully saturated rings. The van der Waals surface area contributed by atoms with E-state index < -0.39 is 0 Å². The summed E-state index contributed by atoms with van der Waals surface area (Å²) < 4.78 is 5.94. The number of hydrogen-bond acceptors (Lipinski definition) is 6. The van der Waals surface area contributed by atoms with Crippen molar-refractivity contribution < 1.29 is 4.74 Å². The van der Waals surface area contributed by atoms with Crippen molar-refractivity contribution in [1.29, 1.82) is 5.26 Å². The second-order valence-corrected chi connectivity index (χ2v) is 11.6. The maximum absolute atomic E-state index is 9.72. The zero-order chi connectivity index (χ0) is 26.8. The number of aromatic nitrogens is 1. The molecule has 3 aromatic rings. The third kappa shape index (κ3) is 5.24. The highest BCUT2D eigenvalue weighted by molar-refractivity contribution is 6.30. The molecular formula is C32H36ClN5O. The molecule has 0 bridgehead atoms. The van der Waals surface area contributed by atoms with Gasteiger partial charge < -0.3 is 15.0 Å². The topological polar surface area (TPSA) is 64.4 Å². The Balaban J connectivity index is 1.32. The van der Waals surface area contributed by atoms with Crippen LogP contribution in [0.5, 0.6) is 5.75 Å². The number of pyridine rings is 1. The summed E-state index contributed by atoms with van der Waals surface area (Å²) in [7, 11) is 0. The highest BCUT2D eigenvalue weighted by Gasteiger charge is 2.43. The number of nitriles is 1. The fourth-order valence-electron chi connectivity index (χ4n) is 6.83. The number of halogens is 1. The summed E-state index contributed by atoms with van der Waals surface area (Å²) in [6.07, 6.45) is 4.55. The van der Waals surface area contributed by atoms with Gasteiger partial charge in [-0.3, -0.25) is 9.88 Å². The standard InChI is InChI=1S/C32H36ClN5O/c1-2-39-31-8-4-3-7-26(31)28-11-10-27-29(36-28)21-37(20-25-6-5-15-35-25)22-32(27)13-16-38(17-14-32)30-12-9-24(33)18-23(30)19-34/h3-4,7-12,18,25,35H,2,5-6,13-17,20-22H2,1H3/t25-/m1/s1. The molecule has 1 aromatic heterocycles. The molecular weight excluding hydrogens is 506 g/mol. The molecule has 0 amide bonds. The molecule has 0 aliphatic carbocycles. The quantitative estimate of drug-likeness (QED) is 0.427. The van der Waals surface area contributed by atoms with Gasteiger partial charge in [0.1, 0.15) is 11.8 Å². The van der Waals surface area contributed by atoms with Gasteiger partial charge in [-0.1, -0.05) is 29.8 Å². The van der Waals surface area contributed by atoms with Crippen molar-refractivity contribution in [3.05, 3.63) is 76.4 Å². The summed E-state index contributed by atoms with van der Waals surface area (Å²) in [4.78, 5) is 10.3. The van der Waals surface area contributed by atoms with Crippen LogP contribution in [0.15, 0.2) is 54.6 Å². The average molecular weight is 542 g/mol. The molecule has 7 heteroatoms. The minimum atomic E-state index is 0.0485. The largest absolute Gasteiger partial charge is 0.493 e. The minimum Gasteiger partial charge on any atom is -0.493 e. The fraction of sp³-hybridized carbons (Fsp3) is 0.438. The Morgan fingerprint density at radius 3 is 2.77 bits per heavy atom. The molecule has 1 atom stereocenters. The summed E-state index contributed by atoms with van der Waals surface area (Å²) in [5.74, 6) is 0.884. The number of ether oxygens (including phenoxy) is 1. The zero-order valence-electron chi connectivity index (χ0n) is 22.6. The molecule has 3 aliphatic rings. The van der Waals surface area contributed by atoms with Crippen LogP contribution in [0.1, 0.15) is 49.4 Å². The van der Waals surface area contributed by atoms with E-state index in [4.69, 9.17) is 21.3 Å². The molecule has 2 aromatic carbocycles. The Morgan fingerprint density at radius 1 is 1.15 bits per heavy atom. The van der Waals surface area contributed by atoms with Gasteiger partial charge in [-0.25, -0.2) is 0 Å². The number of nitrogens with one attached hydrogen (secondary N) is 1. The fourth-order valence-corrected chi connectivity index (χ4v) is 7.00. The highest BCUT2D eigenvalue weighted by Crippen LogP contribution is 2.44. The molecule has 0 saturated carbocycles. The number of hydrogen-bond donors (Lipinski definition) is 1. The third-order valence-electron chi connectivity index (χ3n) is 8.69. The lowest BCUT2D eigenvalue weighted by molar-refractivity contribution is 0.140. The summed E-state index contributed by atoms with van der Waals surface area (Å²) in [6, 6.07) is 21.3. The SMILES string of the molecule is CCOc1ccccc1-c1ccc2c(n1)CN(C[C@H]1CCCN1)CC21CCN(c2ccc(Cl)cc2C#N)CC1. The van der Waals surface area contributed by atoms with Crippen LogP contribution >= 0.6 is 11.6 Å². The van der Waals surface area contributed by atoms with E-state index in [1.54, 1.807) is 6.07 Å². The van der Waals surface area contributed by atoms with E-state index in [1.165, 1.54) is 24.1 Å². The van der Waals surface area contributed by atoms with Gasteiger partial charge in [-0.15, -0.1) is 0 Å². The molecule has 6 rings (SSSR count). The van der Waals surface area contributed by atoms with Crippen LogP contribution in [-0.2, 0) is 12.0 Å². The predicted octanol–water partition coefficient (Wildman–Crippen LogP) is 5.78. The summed E-state index contributed by atoms with van der Waals surface area (Å²) in [5, 5.41) is 14.0. The minimum absolute atomic E-state index is 0.0485. The monoisotopic (exact) mass is 541 g/mol. The van der Waals surface area contributed by atoms with E-state index in [0.29, 0.717) is 23.2 Å². The van der Waals surface area contributed by atoms with E-state index in [1.807, 2.05) is 31.2 Å². The molecule has 202 valence electrons. The van der Waals surface area contributed by atoms with Crippen LogP contribution in [0.3, 0.4) is 0 Å². The van der Waals surface area contributed by atoms with E-state index in [-0.39, 0.29) is 5.41 Å². The maximum atomic E-state index is 9.72. The van der Waals surface area contributed by atoms with E-state index >= 15 is 0 Å². The van der Waals surface area contributed by atoms with Crippen molar-refractivity contribution in [2.24, 2.45) is 0 Å². The first kappa shape index (κ1) is 26.1. The van der Waals surface area contributed by atoms with Crippen molar-refractivity contribution in [2.45, 2.75) is 50.6 Å². The van der Waals surface area contributed by atoms with Crippen LogP contribution in [0.25, 0.3) is 11.3 Å². The molecule has 4 heterocycles. The lowest BCUT2D eigenvalue weighted by Crippen LogP contribution is -2.54. The van der Waals surface area contributed by atoms with Crippen LogP contribution in [0.4, 0.5) is 5.69 Å². The predicted molar refractivity (Wildman–Crippen MR) is 156 cm³/mol. The van der Waals surface area contributed by atoms with Crippen molar-refractivity contribution in [3.8, 4) is 23.1 Å². The van der Waals surface area contributed by atoms with Crippen molar-refractivity contribution in [3.63, 3.8) is 0 Å². The average Bonchev–Trinajstić information content (AvgIpc) is 3.47. The highest BCUT2D eigenvalue weighted by atomic mass is 35.5. The van der Waals surface area contributed by atoms with Crippen LogP contribution in [0, 0.1) is 11.3 Å². The lowest BCUT2D eigenvalue weighted by Gasteiger charge is -2.49. The van der Waals surface area contributed by atoms with E-state index in [0.717, 1.165) is 74.8 Å². The zero-order valence-corrected chi connectivity index (χ0v) is 23.4. The second-order valence-electron chi connectivity index (χ2n) is 11.1. The number of anilines is 1. The van der Waals surface area contributed by atoms with Gasteiger partial charge >= 0.3 is 0 Å². The third-order valence-corrected chi connectivity index (χ3v) is 8.92. The summed E-state index contributed by atoms with van der Waals surface area (Å²) in [6.45, 7) is 8.56. The number of nitrogens with zero attached hydrogens (tertiary/aromatic N) is 4. The first-order valence-electron chi connectivity index (χ1n) is 14.2. The van der Waals surface area contributed by atoms with Crippen molar-refractivity contribution >= 4 is 17.3 Å². The molecule has 0 unspecified atom stereocenters. The first-order valence-corrected chi connectivity index (χ1v) is 14.6. The van der Waals surface area contributed by atoms with E-state index in [9.17, 15) is 5.26 Å². The van der Waals surface area contributed by atoms with Crippen molar-refractivity contribution in [1.82, 2.24) is 15.2 Å². The summed E-state index contributed by atoms with van der Waals surface area (Å²) in [5.41, 5.74) is 6.30. The second kappa shape index (κ2) is 11.2. The first-order chi connectivity index (χ1) is 19.1. The molecule has 0 radical (unpaired) electrons. The van der Waals surface area contributed by atoms with Gasteiger partial charge in [-0.2, -0.15) is 5.26 Å². The van der Waals surface area contributed by atoms with E-state index in [2.05, 4.69) is 45.5 Å². The Morgan fingerprint density at radius 2 is 2.00 bits per heavy atom. The number of fused-ring (bicyclic) bond motifs is 2. The summed E-state index contributed by atoms with van der Waals surface area (Å²) >= 11 is 6.18. The molecule has 3 aliphatic heterocycles. The molecule has 6 nitrogen and oxygen atoms in total. The van der Waals surface area contributed by atoms with Gasteiger partial charge in [0.05, 0.1) is 29.2 Å². The van der Waals surface area contributed by atoms with Gasteiger partial charge in [0.25, 0.3) is 0 Å². The van der Waals surface area contributed by atoms with Gasteiger partial charge in [0.2, 0.25) is 0 Å². The van der Waals surface area contributed by atoms with Crippen LogP contribution in [0.2, 0.25) is 5.02 Å². The molecule has 1 N–H and O–H groups in total. The Hall–Kier alpha value is -3.11. The number of piperidine rings is 1. The lowest BCUT2D eigenvalue weighted by atomic mass is 9.69. The number of para-hydroxylation sites is 1. The number of benzene rings is 2. The molecule has 1 spiro atoms. The normalized spacial score (nSPS) is 20.5. The smallest absolute Gasteiger partial charge is 0.128 e. The maximum Gasteiger partial charge on any atom is 0.128 e. The Labute approximate surface area is 236 Å². The Kier molecular flexibility index (Phi) is 7.49. The van der Waals surface area contributed by atoms with Crippen LogP contribution in [-0.4, -0.2) is 55.3 Å². The number of rotatable bonds is 6. The van der Waals surface area contributed by atoms with Gasteiger partial charge in [0.15, 0.2) is 0 Å². The van der Waals surface area contributed by atoms with Gasteiger partial charge in [0, 0.05) is 54.8 Å². The van der Waals surface area contributed by atoms with Crippen LogP contribution < -0.4 is 15.0 Å². The van der Waals surface area contributed by atoms with Crippen molar-refractivity contribution in [2.75, 3.05) is 44.2 Å².